The van der Waals surface area contributed by atoms with Gasteiger partial charge in [-0.2, -0.15) is 0 Å². The van der Waals surface area contributed by atoms with E-state index in [1.807, 2.05) is 0 Å². The third-order valence-corrected chi connectivity index (χ3v) is 7.76. The Balaban J connectivity index is 1.47. The number of carbonyl (C=O) groups is 1. The summed E-state index contributed by atoms with van der Waals surface area (Å²) in [4.78, 5) is 21.8. The van der Waals surface area contributed by atoms with Gasteiger partial charge in [0.05, 0.1) is 22.7 Å². The van der Waals surface area contributed by atoms with E-state index in [4.69, 9.17) is 4.98 Å². The number of hydrogen-bond acceptors (Lipinski definition) is 6. The molecule has 1 aromatic heterocycles. The number of amides is 1. The molecule has 4 rings (SSSR count). The molecule has 1 saturated carbocycles. The molecule has 2 aliphatic carbocycles. The SMILES string of the molecule is CNc1ncc(C2CCCCC2)nc1C1=CCC(C(=O)NCc2cc(F)cc(S(C)(=O)=O)c2)C(F)=C1. The van der Waals surface area contributed by atoms with E-state index in [9.17, 15) is 17.6 Å². The predicted molar refractivity (Wildman–Crippen MR) is 134 cm³/mol. The lowest BCUT2D eigenvalue weighted by molar-refractivity contribution is -0.124. The van der Waals surface area contributed by atoms with Gasteiger partial charge in [0.2, 0.25) is 5.91 Å². The molecule has 0 radical (unpaired) electrons. The van der Waals surface area contributed by atoms with Crippen LogP contribution >= 0.6 is 0 Å². The summed E-state index contributed by atoms with van der Waals surface area (Å²) in [6.45, 7) is -0.127. The fraction of sp³-hybridized carbons (Fsp3) is 0.423. The Bertz CT molecular complexity index is 1320. The number of sulfone groups is 1. The van der Waals surface area contributed by atoms with Crippen LogP contribution in [0.5, 0.6) is 0 Å². The Kier molecular flexibility index (Phi) is 7.82. The number of halogens is 2. The monoisotopic (exact) mass is 516 g/mol. The van der Waals surface area contributed by atoms with Gasteiger partial charge in [-0.25, -0.2) is 27.2 Å². The fourth-order valence-corrected chi connectivity index (χ4v) is 5.39. The van der Waals surface area contributed by atoms with Crippen LogP contribution in [0.1, 0.15) is 61.4 Å². The summed E-state index contributed by atoms with van der Waals surface area (Å²) in [5, 5.41) is 5.59. The predicted octanol–water partition coefficient (Wildman–Crippen LogP) is 4.68. The van der Waals surface area contributed by atoms with Gasteiger partial charge >= 0.3 is 0 Å². The minimum atomic E-state index is -3.61. The van der Waals surface area contributed by atoms with E-state index in [0.717, 1.165) is 49.8 Å². The van der Waals surface area contributed by atoms with Crippen LogP contribution in [0.15, 0.2) is 47.3 Å². The molecule has 1 amide bonds. The minimum absolute atomic E-state index is 0.125. The van der Waals surface area contributed by atoms with Crippen molar-refractivity contribution in [1.29, 1.82) is 0 Å². The highest BCUT2D eigenvalue weighted by Gasteiger charge is 2.28. The van der Waals surface area contributed by atoms with Crippen molar-refractivity contribution < 1.29 is 22.0 Å². The molecule has 2 N–H and O–H groups in total. The van der Waals surface area contributed by atoms with Gasteiger partial charge in [-0.05, 0) is 49.1 Å². The largest absolute Gasteiger partial charge is 0.371 e. The van der Waals surface area contributed by atoms with E-state index in [-0.39, 0.29) is 23.4 Å². The second-order valence-electron chi connectivity index (χ2n) is 9.34. The van der Waals surface area contributed by atoms with E-state index in [1.165, 1.54) is 18.6 Å². The van der Waals surface area contributed by atoms with Gasteiger partial charge in [0.15, 0.2) is 15.7 Å². The van der Waals surface area contributed by atoms with Crippen molar-refractivity contribution in [3.63, 3.8) is 0 Å². The third-order valence-electron chi connectivity index (χ3n) is 6.67. The number of nitrogens with one attached hydrogen (secondary N) is 2. The van der Waals surface area contributed by atoms with Crippen LogP contribution in [0, 0.1) is 11.7 Å². The third kappa shape index (κ3) is 5.98. The summed E-state index contributed by atoms with van der Waals surface area (Å²) in [5.41, 5.74) is 2.30. The topological polar surface area (TPSA) is 101 Å². The first-order valence-electron chi connectivity index (χ1n) is 12.0. The van der Waals surface area contributed by atoms with Gasteiger partial charge in [-0.1, -0.05) is 25.3 Å². The Labute approximate surface area is 210 Å². The van der Waals surface area contributed by atoms with Crippen LogP contribution < -0.4 is 10.6 Å². The lowest BCUT2D eigenvalue weighted by atomic mass is 9.87. The molecule has 2 aromatic rings. The molecule has 0 spiro atoms. The second kappa shape index (κ2) is 10.9. The number of carbonyl (C=O) groups excluding carboxylic acids is 1. The zero-order chi connectivity index (χ0) is 25.9. The van der Waals surface area contributed by atoms with Gasteiger partial charge in [-0.3, -0.25) is 4.79 Å². The van der Waals surface area contributed by atoms with Crippen LogP contribution in [0.2, 0.25) is 0 Å². The van der Waals surface area contributed by atoms with Crippen LogP contribution in [0.4, 0.5) is 14.6 Å². The molecule has 1 unspecified atom stereocenters. The summed E-state index contributed by atoms with van der Waals surface area (Å²) >= 11 is 0. The average molecular weight is 517 g/mol. The first-order chi connectivity index (χ1) is 17.2. The van der Waals surface area contributed by atoms with E-state index in [0.29, 0.717) is 23.0 Å². The zero-order valence-corrected chi connectivity index (χ0v) is 21.2. The molecule has 0 bridgehead atoms. The van der Waals surface area contributed by atoms with E-state index in [1.54, 1.807) is 19.3 Å². The number of nitrogens with zero attached hydrogens (tertiary/aromatic N) is 2. The van der Waals surface area contributed by atoms with Gasteiger partial charge in [0.25, 0.3) is 0 Å². The van der Waals surface area contributed by atoms with E-state index < -0.39 is 33.3 Å². The molecule has 36 heavy (non-hydrogen) atoms. The van der Waals surface area contributed by atoms with Crippen molar-refractivity contribution in [1.82, 2.24) is 15.3 Å². The van der Waals surface area contributed by atoms with Crippen molar-refractivity contribution in [3.8, 4) is 0 Å². The minimum Gasteiger partial charge on any atom is -0.371 e. The maximum absolute atomic E-state index is 15.1. The van der Waals surface area contributed by atoms with Crippen LogP contribution in [0.3, 0.4) is 0 Å². The quantitative estimate of drug-likeness (QED) is 0.554. The highest BCUT2D eigenvalue weighted by molar-refractivity contribution is 7.90. The van der Waals surface area contributed by atoms with E-state index in [2.05, 4.69) is 15.6 Å². The standard InChI is InChI=1S/C26H30F2N4O3S/c1-29-25-24(32-23(15-30-25)17-6-4-3-5-7-17)18-8-9-21(22(28)12-18)26(33)31-14-16-10-19(27)13-20(11-16)36(2,34)35/h8,10-13,15,17,21H,3-7,9,14H2,1-2H3,(H,29,30)(H,31,33). The molecule has 0 aliphatic heterocycles. The first kappa shape index (κ1) is 25.9. The lowest BCUT2D eigenvalue weighted by Gasteiger charge is -2.23. The fourth-order valence-electron chi connectivity index (χ4n) is 4.69. The number of anilines is 1. The molecule has 192 valence electrons. The molecule has 10 heteroatoms. The van der Waals surface area contributed by atoms with Crippen LogP contribution in [-0.2, 0) is 21.2 Å². The molecule has 2 aliphatic rings. The molecular formula is C26H30F2N4O3S. The number of benzene rings is 1. The number of allylic oxidation sites excluding steroid dienone is 3. The first-order valence-corrected chi connectivity index (χ1v) is 13.9. The van der Waals surface area contributed by atoms with Crippen molar-refractivity contribution >= 4 is 27.1 Å². The Morgan fingerprint density at radius 1 is 1.14 bits per heavy atom. The van der Waals surface area contributed by atoms with Gasteiger partial charge < -0.3 is 10.6 Å². The summed E-state index contributed by atoms with van der Waals surface area (Å²) in [6, 6.07) is 3.35. The maximum Gasteiger partial charge on any atom is 0.230 e. The van der Waals surface area contributed by atoms with Crippen molar-refractivity contribution in [2.75, 3.05) is 18.6 Å². The van der Waals surface area contributed by atoms with Crippen LogP contribution in [0.25, 0.3) is 5.57 Å². The summed E-state index contributed by atoms with van der Waals surface area (Å²) in [5.74, 6) is -2.05. The molecule has 1 aromatic carbocycles. The Morgan fingerprint density at radius 2 is 1.89 bits per heavy atom. The van der Waals surface area contributed by atoms with Crippen LogP contribution in [-0.4, -0.2) is 37.6 Å². The normalized spacial score (nSPS) is 18.8. The molecular weight excluding hydrogens is 486 g/mol. The number of hydrogen-bond donors (Lipinski definition) is 2. The zero-order valence-electron chi connectivity index (χ0n) is 20.4. The molecule has 1 fully saturated rings. The molecule has 7 nitrogen and oxygen atoms in total. The molecule has 0 saturated heterocycles. The highest BCUT2D eigenvalue weighted by Crippen LogP contribution is 2.35. The van der Waals surface area contributed by atoms with Gasteiger partial charge in [0.1, 0.15) is 17.3 Å². The summed E-state index contributed by atoms with van der Waals surface area (Å²) in [6.07, 6.45) is 11.7. The highest BCUT2D eigenvalue weighted by atomic mass is 32.2. The molecule has 1 atom stereocenters. The Morgan fingerprint density at radius 3 is 2.56 bits per heavy atom. The van der Waals surface area contributed by atoms with Crippen molar-refractivity contribution in [2.45, 2.75) is 55.9 Å². The smallest absolute Gasteiger partial charge is 0.230 e. The van der Waals surface area contributed by atoms with E-state index >= 15 is 4.39 Å². The summed E-state index contributed by atoms with van der Waals surface area (Å²) < 4.78 is 52.4. The number of aromatic nitrogens is 2. The van der Waals surface area contributed by atoms with Gasteiger partial charge in [-0.15, -0.1) is 0 Å². The van der Waals surface area contributed by atoms with Gasteiger partial charge in [0, 0.05) is 31.3 Å². The second-order valence-corrected chi connectivity index (χ2v) is 11.4. The molecule has 1 heterocycles. The van der Waals surface area contributed by atoms with Crippen molar-refractivity contribution in [3.05, 3.63) is 65.1 Å². The van der Waals surface area contributed by atoms with Crippen molar-refractivity contribution in [2.24, 2.45) is 5.92 Å². The maximum atomic E-state index is 15.1. The lowest BCUT2D eigenvalue weighted by Crippen LogP contribution is -2.31. The summed E-state index contributed by atoms with van der Waals surface area (Å²) in [7, 11) is -1.88. The number of rotatable bonds is 7. The Hall–Kier alpha value is -3.14. The average Bonchev–Trinajstić information content (AvgIpc) is 2.86.